The van der Waals surface area contributed by atoms with Crippen molar-refractivity contribution in [1.82, 2.24) is 0 Å². The molecule has 0 aliphatic heterocycles. The van der Waals surface area contributed by atoms with Crippen LogP contribution in [0.2, 0.25) is 0 Å². The molecular weight excluding hydrogens is 348 g/mol. The van der Waals surface area contributed by atoms with Crippen LogP contribution >= 0.6 is 0 Å². The van der Waals surface area contributed by atoms with Gasteiger partial charge in [0.15, 0.2) is 11.5 Å². The fraction of sp³-hybridized carbons (Fsp3) is 0.600. The summed E-state index contributed by atoms with van der Waals surface area (Å²) >= 11 is 0. The monoisotopic (exact) mass is 374 g/mol. The largest absolute Gasteiger partial charge is 0.491 e. The Hall–Kier alpha value is -1.72. The Balaban J connectivity index is 1.97. The highest BCUT2D eigenvalue weighted by Crippen LogP contribution is 2.34. The van der Waals surface area contributed by atoms with E-state index in [1.807, 2.05) is 0 Å². The number of halogens is 4. The number of ether oxygens (including phenoxy) is 2. The summed E-state index contributed by atoms with van der Waals surface area (Å²) in [4.78, 5) is 0. The minimum absolute atomic E-state index is 0.0690. The van der Waals surface area contributed by atoms with Crippen molar-refractivity contribution in [2.24, 2.45) is 11.8 Å². The molecule has 0 amide bonds. The Morgan fingerprint density at radius 2 is 1.65 bits per heavy atom. The van der Waals surface area contributed by atoms with Gasteiger partial charge in [-0.25, -0.2) is 0 Å². The minimum atomic E-state index is -3.71. The minimum Gasteiger partial charge on any atom is -0.491 e. The first kappa shape index (κ1) is 20.6. The zero-order valence-corrected chi connectivity index (χ0v) is 15.2. The molecule has 2 nitrogen and oxygen atoms in total. The highest BCUT2D eigenvalue weighted by atomic mass is 19.3. The van der Waals surface area contributed by atoms with E-state index >= 15 is 0 Å². The highest BCUT2D eigenvalue weighted by molar-refractivity contribution is 5.35. The number of alkyl halides is 2. The van der Waals surface area contributed by atoms with Crippen LogP contribution in [0, 0.1) is 23.5 Å². The van der Waals surface area contributed by atoms with Crippen LogP contribution in [-0.4, -0.2) is 12.7 Å². The number of hydrogen-bond donors (Lipinski definition) is 0. The summed E-state index contributed by atoms with van der Waals surface area (Å²) in [7, 11) is 0. The van der Waals surface area contributed by atoms with Gasteiger partial charge < -0.3 is 9.47 Å². The van der Waals surface area contributed by atoms with Gasteiger partial charge in [-0.15, -0.1) is 0 Å². The van der Waals surface area contributed by atoms with Crippen molar-refractivity contribution in [1.29, 1.82) is 0 Å². The van der Waals surface area contributed by atoms with E-state index in [1.54, 1.807) is 6.92 Å². The molecule has 2 rings (SSSR count). The van der Waals surface area contributed by atoms with Gasteiger partial charge in [0, 0.05) is 6.08 Å². The van der Waals surface area contributed by atoms with Gasteiger partial charge >= 0.3 is 6.11 Å². The fourth-order valence-corrected chi connectivity index (χ4v) is 3.37. The van der Waals surface area contributed by atoms with Gasteiger partial charge in [-0.1, -0.05) is 25.8 Å². The van der Waals surface area contributed by atoms with Gasteiger partial charge in [-0.2, -0.15) is 17.6 Å². The molecule has 6 heteroatoms. The third-order valence-electron chi connectivity index (χ3n) is 4.71. The van der Waals surface area contributed by atoms with Crippen LogP contribution in [0.5, 0.6) is 11.5 Å². The average Bonchev–Trinajstić information content (AvgIpc) is 2.61. The standard InChI is InChI=1S/C20H26F4O2/c1-3-5-14-6-8-15(9-7-14)12-13-20(23,24)26-17-11-10-16(25-4-2)18(21)19(17)22/h10-15H,3-9H2,1-2H3. The zero-order chi connectivity index (χ0) is 19.2. The Labute approximate surface area is 152 Å². The first-order valence-electron chi connectivity index (χ1n) is 9.23. The molecule has 146 valence electrons. The molecule has 26 heavy (non-hydrogen) atoms. The quantitative estimate of drug-likeness (QED) is 0.382. The van der Waals surface area contributed by atoms with E-state index in [4.69, 9.17) is 4.74 Å². The topological polar surface area (TPSA) is 18.5 Å². The normalized spacial score (nSPS) is 21.2. The second kappa shape index (κ2) is 9.28. The van der Waals surface area contributed by atoms with Crippen LogP contribution in [0.1, 0.15) is 52.4 Å². The molecule has 0 unspecified atom stereocenters. The van der Waals surface area contributed by atoms with Gasteiger partial charge in [0.1, 0.15) is 0 Å². The highest BCUT2D eigenvalue weighted by Gasteiger charge is 2.31. The van der Waals surface area contributed by atoms with Crippen LogP contribution in [-0.2, 0) is 0 Å². The van der Waals surface area contributed by atoms with Gasteiger partial charge in [0.2, 0.25) is 11.6 Å². The summed E-state index contributed by atoms with van der Waals surface area (Å²) in [5.41, 5.74) is 0. The summed E-state index contributed by atoms with van der Waals surface area (Å²) in [6.07, 6.45) is 4.49. The molecule has 1 aliphatic rings. The molecule has 1 aromatic carbocycles. The van der Waals surface area contributed by atoms with Crippen LogP contribution in [0.3, 0.4) is 0 Å². The summed E-state index contributed by atoms with van der Waals surface area (Å²) in [6.45, 7) is 3.89. The molecule has 0 aromatic heterocycles. The molecule has 0 bridgehead atoms. The molecule has 0 N–H and O–H groups in total. The number of benzene rings is 1. The van der Waals surface area contributed by atoms with E-state index in [-0.39, 0.29) is 18.3 Å². The molecule has 1 aliphatic carbocycles. The maximum absolute atomic E-state index is 14.0. The predicted octanol–water partition coefficient (Wildman–Crippen LogP) is 6.50. The molecule has 0 spiro atoms. The van der Waals surface area contributed by atoms with Crippen molar-refractivity contribution in [3.8, 4) is 11.5 Å². The second-order valence-corrected chi connectivity index (χ2v) is 6.72. The molecule has 1 aromatic rings. The Bertz CT molecular complexity index is 608. The Morgan fingerprint density at radius 1 is 1.04 bits per heavy atom. The van der Waals surface area contributed by atoms with Crippen molar-refractivity contribution in [3.63, 3.8) is 0 Å². The maximum atomic E-state index is 14.0. The molecule has 0 heterocycles. The molecule has 0 atom stereocenters. The summed E-state index contributed by atoms with van der Waals surface area (Å²) in [5.74, 6) is -3.24. The second-order valence-electron chi connectivity index (χ2n) is 6.72. The molecular formula is C20H26F4O2. The van der Waals surface area contributed by atoms with E-state index in [1.165, 1.54) is 12.5 Å². The lowest BCUT2D eigenvalue weighted by Gasteiger charge is -2.26. The molecule has 1 saturated carbocycles. The molecule has 0 saturated heterocycles. The van der Waals surface area contributed by atoms with Crippen LogP contribution < -0.4 is 9.47 Å². The van der Waals surface area contributed by atoms with Gasteiger partial charge in [0.25, 0.3) is 0 Å². The first-order chi connectivity index (χ1) is 12.4. The van der Waals surface area contributed by atoms with Crippen LogP contribution in [0.4, 0.5) is 17.6 Å². The van der Waals surface area contributed by atoms with Gasteiger partial charge in [-0.05, 0) is 56.6 Å². The van der Waals surface area contributed by atoms with Crippen molar-refractivity contribution in [3.05, 3.63) is 35.9 Å². The van der Waals surface area contributed by atoms with Crippen LogP contribution in [0.25, 0.3) is 0 Å². The van der Waals surface area contributed by atoms with E-state index in [9.17, 15) is 17.6 Å². The van der Waals surface area contributed by atoms with Gasteiger partial charge in [-0.3, -0.25) is 0 Å². The third kappa shape index (κ3) is 5.64. The lowest BCUT2D eigenvalue weighted by atomic mass is 9.80. The lowest BCUT2D eigenvalue weighted by molar-refractivity contribution is -0.134. The summed E-state index contributed by atoms with van der Waals surface area (Å²) in [5, 5.41) is 0. The van der Waals surface area contributed by atoms with E-state index < -0.39 is 23.5 Å². The van der Waals surface area contributed by atoms with E-state index in [2.05, 4.69) is 11.7 Å². The van der Waals surface area contributed by atoms with E-state index in [0.717, 1.165) is 44.2 Å². The smallest absolute Gasteiger partial charge is 0.419 e. The Kier molecular flexibility index (Phi) is 7.35. The molecule has 0 radical (unpaired) electrons. The van der Waals surface area contributed by atoms with Crippen molar-refractivity contribution < 1.29 is 27.0 Å². The van der Waals surface area contributed by atoms with Crippen molar-refractivity contribution in [2.75, 3.05) is 6.61 Å². The zero-order valence-electron chi connectivity index (χ0n) is 15.2. The SMILES string of the molecule is CCCC1CCC(C=CC(F)(F)Oc2ccc(OCC)c(F)c2F)CC1. The van der Waals surface area contributed by atoms with Crippen LogP contribution in [0.15, 0.2) is 24.3 Å². The summed E-state index contributed by atoms with van der Waals surface area (Å²) < 4.78 is 64.9. The van der Waals surface area contributed by atoms with E-state index in [0.29, 0.717) is 12.0 Å². The summed E-state index contributed by atoms with van der Waals surface area (Å²) in [6, 6.07) is 2.02. The fourth-order valence-electron chi connectivity index (χ4n) is 3.37. The predicted molar refractivity (Wildman–Crippen MR) is 92.6 cm³/mol. The molecule has 1 fully saturated rings. The first-order valence-corrected chi connectivity index (χ1v) is 9.23. The van der Waals surface area contributed by atoms with Gasteiger partial charge in [0.05, 0.1) is 6.61 Å². The van der Waals surface area contributed by atoms with Crippen molar-refractivity contribution >= 4 is 0 Å². The number of allylic oxidation sites excluding steroid dienone is 1. The maximum Gasteiger partial charge on any atom is 0.419 e. The van der Waals surface area contributed by atoms with Crippen molar-refractivity contribution in [2.45, 2.75) is 58.5 Å². The number of hydrogen-bond acceptors (Lipinski definition) is 2. The lowest BCUT2D eigenvalue weighted by Crippen LogP contribution is -2.23. The average molecular weight is 374 g/mol. The number of rotatable bonds is 8. The third-order valence-corrected chi connectivity index (χ3v) is 4.71. The Morgan fingerprint density at radius 3 is 2.27 bits per heavy atom.